The van der Waals surface area contributed by atoms with Gasteiger partial charge in [0.15, 0.2) is 0 Å². The second kappa shape index (κ2) is 6.24. The summed E-state index contributed by atoms with van der Waals surface area (Å²) in [6.45, 7) is 1.23. The van der Waals surface area contributed by atoms with Gasteiger partial charge in [-0.1, -0.05) is 42.5 Å². The number of carbonyl (C=O) groups is 3. The quantitative estimate of drug-likeness (QED) is 0.616. The van der Waals surface area contributed by atoms with E-state index >= 15 is 0 Å². The molecule has 27 heavy (non-hydrogen) atoms. The minimum atomic E-state index is -1.20. The predicted molar refractivity (Wildman–Crippen MR) is 98.8 cm³/mol. The molecule has 8 heteroatoms. The largest absolute Gasteiger partial charge is 0.325 e. The summed E-state index contributed by atoms with van der Waals surface area (Å²) < 4.78 is 0. The molecular formula is C19H17N5O3. The Kier molecular flexibility index (Phi) is 3.88. The number of imidazole rings is 1. The molecule has 1 aliphatic heterocycles. The second-order valence-corrected chi connectivity index (χ2v) is 6.46. The summed E-state index contributed by atoms with van der Waals surface area (Å²) in [5.74, 6) is -0.729. The monoisotopic (exact) mass is 363 g/mol. The molecule has 0 radical (unpaired) electrons. The molecule has 1 atom stereocenters. The molecule has 1 aliphatic rings. The maximum atomic E-state index is 12.8. The van der Waals surface area contributed by atoms with Crippen molar-refractivity contribution >= 4 is 34.8 Å². The van der Waals surface area contributed by atoms with Gasteiger partial charge in [-0.3, -0.25) is 19.8 Å². The molecule has 4 rings (SSSR count). The average Bonchev–Trinajstić information content (AvgIpc) is 3.16. The fourth-order valence-corrected chi connectivity index (χ4v) is 3.13. The summed E-state index contributed by atoms with van der Waals surface area (Å²) in [5.41, 5.74) is 0.945. The van der Waals surface area contributed by atoms with Crippen molar-refractivity contribution in [2.24, 2.45) is 0 Å². The molecule has 4 amide bonds. The van der Waals surface area contributed by atoms with Crippen molar-refractivity contribution in [3.05, 3.63) is 60.2 Å². The van der Waals surface area contributed by atoms with E-state index in [-0.39, 0.29) is 5.95 Å². The topological polar surface area (TPSA) is 107 Å². The molecule has 0 spiro atoms. The fraction of sp³-hybridized carbons (Fsp3) is 0.158. The van der Waals surface area contributed by atoms with Crippen LogP contribution in [0, 0.1) is 0 Å². The normalized spacial score (nSPS) is 19.4. The highest BCUT2D eigenvalue weighted by atomic mass is 16.2. The molecule has 3 aromatic rings. The average molecular weight is 363 g/mol. The summed E-state index contributed by atoms with van der Waals surface area (Å²) in [6, 6.07) is 15.7. The Labute approximate surface area is 154 Å². The zero-order valence-electron chi connectivity index (χ0n) is 14.5. The van der Waals surface area contributed by atoms with E-state index in [0.29, 0.717) is 11.1 Å². The van der Waals surface area contributed by atoms with Gasteiger partial charge in [0.1, 0.15) is 12.1 Å². The number of nitrogens with zero attached hydrogens (tertiary/aromatic N) is 2. The Balaban J connectivity index is 1.49. The van der Waals surface area contributed by atoms with Crippen molar-refractivity contribution in [3.63, 3.8) is 0 Å². The SMILES string of the molecule is C[C@@]1(c2ccccc2)NC(=O)N(CC(=O)Nc2nc3ccccc3[nH]2)C1=O. The summed E-state index contributed by atoms with van der Waals surface area (Å²) in [7, 11) is 0. The summed E-state index contributed by atoms with van der Waals surface area (Å²) in [5, 5.41) is 5.26. The Bertz CT molecular complexity index is 1010. The van der Waals surface area contributed by atoms with Gasteiger partial charge in [-0.25, -0.2) is 9.78 Å². The zero-order valence-corrected chi connectivity index (χ0v) is 14.5. The lowest BCUT2D eigenvalue weighted by Gasteiger charge is -2.21. The van der Waals surface area contributed by atoms with Crippen molar-refractivity contribution in [2.75, 3.05) is 11.9 Å². The number of hydrogen-bond acceptors (Lipinski definition) is 4. The van der Waals surface area contributed by atoms with E-state index in [2.05, 4.69) is 20.6 Å². The first-order chi connectivity index (χ1) is 13.0. The van der Waals surface area contributed by atoms with Crippen LogP contribution in [0.3, 0.4) is 0 Å². The molecular weight excluding hydrogens is 346 g/mol. The molecule has 3 N–H and O–H groups in total. The lowest BCUT2D eigenvalue weighted by atomic mass is 9.92. The third-order valence-electron chi connectivity index (χ3n) is 4.58. The number of urea groups is 1. The first-order valence-corrected chi connectivity index (χ1v) is 8.41. The molecule has 1 aromatic heterocycles. The van der Waals surface area contributed by atoms with Crippen LogP contribution < -0.4 is 10.6 Å². The summed E-state index contributed by atoms with van der Waals surface area (Å²) in [4.78, 5) is 45.6. The van der Waals surface area contributed by atoms with Crippen LogP contribution in [0.25, 0.3) is 11.0 Å². The number of rotatable bonds is 4. The highest BCUT2D eigenvalue weighted by Gasteiger charge is 2.49. The first-order valence-electron chi connectivity index (χ1n) is 8.41. The molecule has 0 unspecified atom stereocenters. The maximum absolute atomic E-state index is 12.8. The van der Waals surface area contributed by atoms with Gasteiger partial charge < -0.3 is 10.3 Å². The number of para-hydroxylation sites is 2. The first kappa shape index (κ1) is 16.8. The Morgan fingerprint density at radius 3 is 2.56 bits per heavy atom. The van der Waals surface area contributed by atoms with Gasteiger partial charge in [-0.05, 0) is 24.6 Å². The van der Waals surface area contributed by atoms with Crippen molar-refractivity contribution in [1.82, 2.24) is 20.2 Å². The van der Waals surface area contributed by atoms with Gasteiger partial charge in [0.2, 0.25) is 11.9 Å². The molecule has 0 aliphatic carbocycles. The number of anilines is 1. The van der Waals surface area contributed by atoms with Crippen molar-refractivity contribution in [3.8, 4) is 0 Å². The third-order valence-corrected chi connectivity index (χ3v) is 4.58. The van der Waals surface area contributed by atoms with E-state index in [0.717, 1.165) is 10.4 Å². The molecule has 2 aromatic carbocycles. The molecule has 0 bridgehead atoms. The van der Waals surface area contributed by atoms with Gasteiger partial charge in [0, 0.05) is 0 Å². The maximum Gasteiger partial charge on any atom is 0.325 e. The van der Waals surface area contributed by atoms with E-state index < -0.39 is 29.9 Å². The second-order valence-electron chi connectivity index (χ2n) is 6.46. The van der Waals surface area contributed by atoms with Crippen LogP contribution in [-0.2, 0) is 15.1 Å². The number of fused-ring (bicyclic) bond motifs is 1. The Morgan fingerprint density at radius 1 is 1.11 bits per heavy atom. The van der Waals surface area contributed by atoms with Gasteiger partial charge >= 0.3 is 6.03 Å². The van der Waals surface area contributed by atoms with Crippen LogP contribution in [0.15, 0.2) is 54.6 Å². The molecule has 2 heterocycles. The Hall–Kier alpha value is -3.68. The van der Waals surface area contributed by atoms with Crippen molar-refractivity contribution < 1.29 is 14.4 Å². The number of aromatic nitrogens is 2. The molecule has 1 saturated heterocycles. The van der Waals surface area contributed by atoms with Crippen LogP contribution >= 0.6 is 0 Å². The number of carbonyl (C=O) groups excluding carboxylic acids is 3. The molecule has 1 fully saturated rings. The lowest BCUT2D eigenvalue weighted by Crippen LogP contribution is -2.42. The van der Waals surface area contributed by atoms with E-state index in [1.165, 1.54) is 0 Å². The number of amides is 4. The van der Waals surface area contributed by atoms with Gasteiger partial charge in [-0.15, -0.1) is 0 Å². The fourth-order valence-electron chi connectivity index (χ4n) is 3.13. The number of aromatic amines is 1. The lowest BCUT2D eigenvalue weighted by molar-refractivity contribution is -0.133. The highest BCUT2D eigenvalue weighted by molar-refractivity contribution is 6.10. The van der Waals surface area contributed by atoms with Gasteiger partial charge in [0.05, 0.1) is 11.0 Å². The van der Waals surface area contributed by atoms with Crippen LogP contribution in [0.4, 0.5) is 10.7 Å². The van der Waals surface area contributed by atoms with E-state index in [1.54, 1.807) is 31.2 Å². The van der Waals surface area contributed by atoms with Crippen LogP contribution in [0.2, 0.25) is 0 Å². The molecule has 0 saturated carbocycles. The number of benzene rings is 2. The number of imide groups is 1. The smallest absolute Gasteiger partial charge is 0.324 e. The van der Waals surface area contributed by atoms with Gasteiger partial charge in [0.25, 0.3) is 5.91 Å². The van der Waals surface area contributed by atoms with Gasteiger partial charge in [-0.2, -0.15) is 0 Å². The minimum Gasteiger partial charge on any atom is -0.324 e. The number of hydrogen-bond donors (Lipinski definition) is 3. The minimum absolute atomic E-state index is 0.263. The van der Waals surface area contributed by atoms with E-state index in [1.807, 2.05) is 30.3 Å². The zero-order chi connectivity index (χ0) is 19.0. The summed E-state index contributed by atoms with van der Waals surface area (Å²) >= 11 is 0. The molecule has 8 nitrogen and oxygen atoms in total. The van der Waals surface area contributed by atoms with Crippen molar-refractivity contribution in [2.45, 2.75) is 12.5 Å². The van der Waals surface area contributed by atoms with Crippen molar-refractivity contribution in [1.29, 1.82) is 0 Å². The predicted octanol–water partition coefficient (Wildman–Crippen LogP) is 1.97. The summed E-state index contributed by atoms with van der Waals surface area (Å²) in [6.07, 6.45) is 0. The number of H-pyrrole nitrogens is 1. The number of nitrogens with one attached hydrogen (secondary N) is 3. The standard InChI is InChI=1S/C19H17N5O3/c1-19(12-7-3-2-4-8-12)16(26)24(18(27)23-19)11-15(25)22-17-20-13-9-5-6-10-14(13)21-17/h2-10H,11H2,1H3,(H,23,27)(H2,20,21,22,25)/t19-/m0/s1. The Morgan fingerprint density at radius 2 is 1.81 bits per heavy atom. The third kappa shape index (κ3) is 2.91. The highest BCUT2D eigenvalue weighted by Crippen LogP contribution is 2.28. The van der Waals surface area contributed by atoms with E-state index in [4.69, 9.17) is 0 Å². The van der Waals surface area contributed by atoms with Crippen LogP contribution in [0.1, 0.15) is 12.5 Å². The van der Waals surface area contributed by atoms with Crippen LogP contribution in [0.5, 0.6) is 0 Å². The molecule has 136 valence electrons. The van der Waals surface area contributed by atoms with Crippen LogP contribution in [-0.4, -0.2) is 39.3 Å². The van der Waals surface area contributed by atoms with E-state index in [9.17, 15) is 14.4 Å².